The van der Waals surface area contributed by atoms with E-state index in [0.717, 1.165) is 31.2 Å². The molecule has 0 aromatic carbocycles. The molecule has 0 saturated carbocycles. The van der Waals surface area contributed by atoms with Crippen molar-refractivity contribution in [1.29, 1.82) is 0 Å². The topological polar surface area (TPSA) is 53.1 Å². The lowest BCUT2D eigenvalue weighted by molar-refractivity contribution is -0.122. The fraction of sp³-hybridized carbons (Fsp3) is 0.500. The van der Waals surface area contributed by atoms with E-state index < -0.39 is 0 Å². The molecule has 0 aromatic heterocycles. The quantitative estimate of drug-likeness (QED) is 0.521. The Morgan fingerprint density at radius 1 is 1.11 bits per heavy atom. The monoisotopic (exact) mass is 251 g/mol. The molecule has 6 nitrogen and oxygen atoms in total. The largest absolute Gasteiger partial charge is 0.378 e. The number of imide groups is 1. The molecular weight excluding hydrogens is 234 g/mol. The molecule has 2 saturated heterocycles. The van der Waals surface area contributed by atoms with Gasteiger partial charge in [-0.3, -0.25) is 14.6 Å². The Bertz CT molecular complexity index is 411. The van der Waals surface area contributed by atoms with Crippen LogP contribution in [0.5, 0.6) is 0 Å². The summed E-state index contributed by atoms with van der Waals surface area (Å²) in [6, 6.07) is -0.300. The van der Waals surface area contributed by atoms with Crippen molar-refractivity contribution in [3.8, 4) is 0 Å². The first-order valence-electron chi connectivity index (χ1n) is 5.87. The number of urea groups is 1. The maximum Gasteiger partial charge on any atom is 0.331 e. The first kappa shape index (κ1) is 12.6. The fourth-order valence-electron chi connectivity index (χ4n) is 1.90. The molecule has 3 amide bonds. The van der Waals surface area contributed by atoms with Gasteiger partial charge in [0, 0.05) is 27.2 Å². The highest BCUT2D eigenvalue weighted by Gasteiger charge is 2.35. The summed E-state index contributed by atoms with van der Waals surface area (Å²) in [7, 11) is 3.08. The highest BCUT2D eigenvalue weighted by Crippen LogP contribution is 2.17. The number of likely N-dealkylation sites (N-methyl/N-ethyl adjacent to an activating group) is 2. The zero-order chi connectivity index (χ0) is 13.1. The molecule has 0 aromatic rings. The predicted octanol–water partition coefficient (Wildman–Crippen LogP) is 0.240. The van der Waals surface area contributed by atoms with E-state index in [2.05, 4.69) is 4.90 Å². The van der Waals surface area contributed by atoms with Crippen molar-refractivity contribution in [2.45, 2.75) is 0 Å². The van der Waals surface area contributed by atoms with Gasteiger partial charge in [0.15, 0.2) is 0 Å². The van der Waals surface area contributed by atoms with E-state index in [1.807, 2.05) is 6.20 Å². The fourth-order valence-corrected chi connectivity index (χ4v) is 1.90. The van der Waals surface area contributed by atoms with Gasteiger partial charge in [0.05, 0.1) is 13.2 Å². The number of carbonyl (C=O) groups is 2. The molecule has 0 spiro atoms. The zero-order valence-corrected chi connectivity index (χ0v) is 10.6. The SMILES string of the molecule is CN1C(=O)/C(=C\C=C\N2CCOCC2)N(C)C1=O. The van der Waals surface area contributed by atoms with E-state index in [9.17, 15) is 9.59 Å². The molecule has 0 unspecified atom stereocenters. The standard InChI is InChI=1S/C12H17N3O3/c1-13-10(11(16)14(2)12(13)17)4-3-5-15-6-8-18-9-7-15/h3-5H,6-9H2,1-2H3/b5-3+,10-4+. The summed E-state index contributed by atoms with van der Waals surface area (Å²) in [5.74, 6) is -0.269. The number of nitrogens with zero attached hydrogens (tertiary/aromatic N) is 3. The van der Waals surface area contributed by atoms with Crippen molar-refractivity contribution in [2.75, 3.05) is 40.4 Å². The summed E-state index contributed by atoms with van der Waals surface area (Å²) < 4.78 is 5.24. The van der Waals surface area contributed by atoms with Crippen LogP contribution in [-0.4, -0.2) is 67.0 Å². The summed E-state index contributed by atoms with van der Waals surface area (Å²) in [5.41, 5.74) is 0.395. The van der Waals surface area contributed by atoms with Crippen LogP contribution in [0.25, 0.3) is 0 Å². The number of carbonyl (C=O) groups excluding carboxylic acids is 2. The van der Waals surface area contributed by atoms with Crippen molar-refractivity contribution in [3.63, 3.8) is 0 Å². The summed E-state index contributed by atoms with van der Waals surface area (Å²) in [4.78, 5) is 27.8. The molecule has 0 radical (unpaired) electrons. The van der Waals surface area contributed by atoms with Gasteiger partial charge in [-0.2, -0.15) is 0 Å². The molecule has 0 bridgehead atoms. The highest BCUT2D eigenvalue weighted by atomic mass is 16.5. The lowest BCUT2D eigenvalue weighted by Crippen LogP contribution is -2.31. The molecule has 2 heterocycles. The lowest BCUT2D eigenvalue weighted by Gasteiger charge is -2.24. The third kappa shape index (κ3) is 2.38. The summed E-state index contributed by atoms with van der Waals surface area (Å²) in [6.45, 7) is 3.15. The van der Waals surface area contributed by atoms with Gasteiger partial charge in [-0.25, -0.2) is 4.79 Å². The van der Waals surface area contributed by atoms with Gasteiger partial charge in [-0.05, 0) is 18.4 Å². The molecule has 18 heavy (non-hydrogen) atoms. The highest BCUT2D eigenvalue weighted by molar-refractivity contribution is 6.11. The second-order valence-electron chi connectivity index (χ2n) is 4.25. The summed E-state index contributed by atoms with van der Waals surface area (Å²) in [6.07, 6.45) is 5.38. The average molecular weight is 251 g/mol. The minimum Gasteiger partial charge on any atom is -0.378 e. The van der Waals surface area contributed by atoms with Gasteiger partial charge >= 0.3 is 6.03 Å². The molecule has 98 valence electrons. The van der Waals surface area contributed by atoms with Crippen LogP contribution < -0.4 is 0 Å². The van der Waals surface area contributed by atoms with Crippen LogP contribution >= 0.6 is 0 Å². The van der Waals surface area contributed by atoms with E-state index in [4.69, 9.17) is 4.74 Å². The van der Waals surface area contributed by atoms with Crippen LogP contribution in [0.15, 0.2) is 24.0 Å². The first-order chi connectivity index (χ1) is 8.61. The Morgan fingerprint density at radius 2 is 1.78 bits per heavy atom. The van der Waals surface area contributed by atoms with E-state index in [1.165, 1.54) is 11.9 Å². The van der Waals surface area contributed by atoms with Gasteiger partial charge in [-0.15, -0.1) is 0 Å². The molecule has 2 rings (SSSR count). The van der Waals surface area contributed by atoms with E-state index in [0.29, 0.717) is 5.70 Å². The first-order valence-corrected chi connectivity index (χ1v) is 5.87. The van der Waals surface area contributed by atoms with Gasteiger partial charge in [0.25, 0.3) is 5.91 Å². The van der Waals surface area contributed by atoms with Crippen LogP contribution in [0.2, 0.25) is 0 Å². The Labute approximate surface area is 106 Å². The number of allylic oxidation sites excluding steroid dienone is 2. The second-order valence-corrected chi connectivity index (χ2v) is 4.25. The minimum atomic E-state index is -0.300. The number of morpholine rings is 1. The molecule has 2 aliphatic rings. The predicted molar refractivity (Wildman–Crippen MR) is 65.5 cm³/mol. The van der Waals surface area contributed by atoms with Crippen molar-refractivity contribution < 1.29 is 14.3 Å². The molecule has 0 aliphatic carbocycles. The average Bonchev–Trinajstić information content (AvgIpc) is 2.57. The van der Waals surface area contributed by atoms with Gasteiger partial charge in [0.1, 0.15) is 5.70 Å². The van der Waals surface area contributed by atoms with Crippen molar-refractivity contribution >= 4 is 11.9 Å². The third-order valence-electron chi connectivity index (χ3n) is 3.06. The van der Waals surface area contributed by atoms with Crippen molar-refractivity contribution in [3.05, 3.63) is 24.0 Å². The Morgan fingerprint density at radius 3 is 2.33 bits per heavy atom. The molecule has 2 aliphatic heterocycles. The summed E-state index contributed by atoms with van der Waals surface area (Å²) >= 11 is 0. The maximum absolute atomic E-state index is 11.7. The molecule has 2 fully saturated rings. The molecule has 6 heteroatoms. The molecular formula is C12H17N3O3. The second kappa shape index (κ2) is 5.22. The van der Waals surface area contributed by atoms with E-state index in [1.54, 1.807) is 19.2 Å². The van der Waals surface area contributed by atoms with Crippen molar-refractivity contribution in [1.82, 2.24) is 14.7 Å². The number of hydrogen-bond acceptors (Lipinski definition) is 4. The zero-order valence-electron chi connectivity index (χ0n) is 10.6. The number of rotatable bonds is 2. The molecule has 0 atom stereocenters. The van der Waals surface area contributed by atoms with Gasteiger partial charge in [0.2, 0.25) is 0 Å². The van der Waals surface area contributed by atoms with Crippen molar-refractivity contribution in [2.24, 2.45) is 0 Å². The Kier molecular flexibility index (Phi) is 3.66. The Hall–Kier alpha value is -1.82. The smallest absolute Gasteiger partial charge is 0.331 e. The minimum absolute atomic E-state index is 0.269. The number of amides is 3. The molecule has 0 N–H and O–H groups in total. The van der Waals surface area contributed by atoms with Crippen LogP contribution in [0.3, 0.4) is 0 Å². The maximum atomic E-state index is 11.7. The van der Waals surface area contributed by atoms with Crippen LogP contribution in [-0.2, 0) is 9.53 Å². The number of ether oxygens (including phenoxy) is 1. The van der Waals surface area contributed by atoms with Gasteiger partial charge < -0.3 is 9.64 Å². The van der Waals surface area contributed by atoms with Crippen LogP contribution in [0, 0.1) is 0 Å². The lowest BCUT2D eigenvalue weighted by atomic mass is 10.3. The van der Waals surface area contributed by atoms with Crippen LogP contribution in [0.1, 0.15) is 0 Å². The normalized spacial score (nSPS) is 23.9. The van der Waals surface area contributed by atoms with Gasteiger partial charge in [-0.1, -0.05) is 0 Å². The van der Waals surface area contributed by atoms with Crippen LogP contribution in [0.4, 0.5) is 4.79 Å². The summed E-state index contributed by atoms with van der Waals surface area (Å²) in [5, 5.41) is 0. The number of hydrogen-bond donors (Lipinski definition) is 0. The third-order valence-corrected chi connectivity index (χ3v) is 3.06. The van der Waals surface area contributed by atoms with E-state index in [-0.39, 0.29) is 11.9 Å². The van der Waals surface area contributed by atoms with E-state index >= 15 is 0 Å². The Balaban J connectivity index is 2.02.